The van der Waals surface area contributed by atoms with Crippen LogP contribution in [0.25, 0.3) is 99.5 Å². The van der Waals surface area contributed by atoms with Crippen LogP contribution in [-0.4, -0.2) is 20.7 Å². The molecule has 0 bridgehead atoms. The van der Waals surface area contributed by atoms with Gasteiger partial charge in [0.2, 0.25) is 0 Å². The van der Waals surface area contributed by atoms with E-state index >= 15 is 0 Å². The fraction of sp³-hybridized carbons (Fsp3) is 0. The highest BCUT2D eigenvalue weighted by molar-refractivity contribution is 6.17. The molecule has 0 fully saturated rings. The summed E-state index contributed by atoms with van der Waals surface area (Å²) in [4.78, 5) is 28.3. The molecule has 2 heterocycles. The Labute approximate surface area is 418 Å². The van der Waals surface area contributed by atoms with Crippen molar-refractivity contribution < 1.29 is 9.59 Å². The Kier molecular flexibility index (Phi) is 11.1. The molecule has 0 saturated heterocycles. The third kappa shape index (κ3) is 7.42. The van der Waals surface area contributed by atoms with Crippen LogP contribution in [0.15, 0.2) is 274 Å². The van der Waals surface area contributed by atoms with E-state index in [0.29, 0.717) is 22.3 Å². The highest BCUT2D eigenvalue weighted by Crippen LogP contribution is 2.43. The van der Waals surface area contributed by atoms with E-state index in [9.17, 15) is 9.59 Å². The van der Waals surface area contributed by atoms with Crippen LogP contribution in [0.2, 0.25) is 0 Å². The van der Waals surface area contributed by atoms with Gasteiger partial charge in [-0.15, -0.1) is 0 Å². The molecule has 0 aliphatic heterocycles. The predicted octanol–water partition coefficient (Wildman–Crippen LogP) is 17.3. The SMILES string of the molecule is C=C/C=C(\C=C)C(=O)c1ccccc1-c1ccccc1-n1c2ccc(-c3ccc4c5ccccc5n(-c5ccccc5)c4c3)cc2c2cc(-c3ccccc3-c3ccccc3C(=O)c3ccccc3)ccc21. The minimum Gasteiger partial charge on any atom is -0.309 e. The molecule has 72 heavy (non-hydrogen) atoms. The zero-order valence-electron chi connectivity index (χ0n) is 39.4. The molecule has 2 aromatic heterocycles. The number of nitrogens with zero attached hydrogens (tertiary/aromatic N) is 2. The van der Waals surface area contributed by atoms with Gasteiger partial charge in [0.15, 0.2) is 11.6 Å². The van der Waals surface area contributed by atoms with E-state index in [1.807, 2.05) is 91.0 Å². The van der Waals surface area contributed by atoms with Crippen molar-refractivity contribution in [3.63, 3.8) is 0 Å². The van der Waals surface area contributed by atoms with Crippen molar-refractivity contribution in [3.8, 4) is 55.9 Å². The quantitative estimate of drug-likeness (QED) is 0.0696. The summed E-state index contributed by atoms with van der Waals surface area (Å²) in [7, 11) is 0. The molecule has 4 heteroatoms. The van der Waals surface area contributed by atoms with Gasteiger partial charge in [-0.05, 0) is 93.5 Å². The zero-order valence-corrected chi connectivity index (χ0v) is 39.4. The van der Waals surface area contributed by atoms with Gasteiger partial charge in [0.25, 0.3) is 0 Å². The third-order valence-electron chi connectivity index (χ3n) is 13.9. The average Bonchev–Trinajstić information content (AvgIpc) is 3.96. The second-order valence-electron chi connectivity index (χ2n) is 18.0. The molecule has 0 saturated carbocycles. The van der Waals surface area contributed by atoms with E-state index in [4.69, 9.17) is 0 Å². The van der Waals surface area contributed by atoms with E-state index in [-0.39, 0.29) is 11.6 Å². The number of aromatic nitrogens is 2. The Hall–Kier alpha value is -9.64. The number of rotatable bonds is 12. The topological polar surface area (TPSA) is 44.0 Å². The van der Waals surface area contributed by atoms with Gasteiger partial charge in [0, 0.05) is 55.1 Å². The van der Waals surface area contributed by atoms with Crippen molar-refractivity contribution in [2.75, 3.05) is 0 Å². The summed E-state index contributed by atoms with van der Waals surface area (Å²) in [6, 6.07) is 81.3. The first-order valence-corrected chi connectivity index (χ1v) is 24.1. The lowest BCUT2D eigenvalue weighted by Crippen LogP contribution is -2.05. The summed E-state index contributed by atoms with van der Waals surface area (Å²) in [5.41, 5.74) is 16.5. The number of hydrogen-bond acceptors (Lipinski definition) is 2. The number of carbonyl (C=O) groups is 2. The van der Waals surface area contributed by atoms with Gasteiger partial charge < -0.3 is 9.13 Å². The fourth-order valence-corrected chi connectivity index (χ4v) is 10.6. The molecule has 12 rings (SSSR count). The van der Waals surface area contributed by atoms with Gasteiger partial charge in [-0.3, -0.25) is 9.59 Å². The first-order valence-electron chi connectivity index (χ1n) is 24.1. The number of allylic oxidation sites excluding steroid dienone is 4. The maximum Gasteiger partial charge on any atom is 0.193 e. The molecule has 0 unspecified atom stereocenters. The molecule has 4 nitrogen and oxygen atoms in total. The number of carbonyl (C=O) groups excluding carboxylic acids is 2. The third-order valence-corrected chi connectivity index (χ3v) is 13.9. The van der Waals surface area contributed by atoms with Crippen LogP contribution in [0.1, 0.15) is 26.3 Å². The number of para-hydroxylation sites is 3. The van der Waals surface area contributed by atoms with Gasteiger partial charge >= 0.3 is 0 Å². The Morgan fingerprint density at radius 2 is 0.889 bits per heavy atom. The van der Waals surface area contributed by atoms with Crippen LogP contribution in [0.5, 0.6) is 0 Å². The highest BCUT2D eigenvalue weighted by Gasteiger charge is 2.23. The first-order chi connectivity index (χ1) is 35.5. The molecule has 10 aromatic carbocycles. The number of hydrogen-bond donors (Lipinski definition) is 0. The largest absolute Gasteiger partial charge is 0.309 e. The van der Waals surface area contributed by atoms with Gasteiger partial charge in [-0.2, -0.15) is 0 Å². The summed E-state index contributed by atoms with van der Waals surface area (Å²) in [5, 5.41) is 4.55. The van der Waals surface area contributed by atoms with Crippen LogP contribution < -0.4 is 0 Å². The highest BCUT2D eigenvalue weighted by atomic mass is 16.1. The minimum absolute atomic E-state index is 0.0197. The molecule has 0 aliphatic carbocycles. The minimum atomic E-state index is -0.124. The van der Waals surface area contributed by atoms with Gasteiger partial charge in [0.1, 0.15) is 0 Å². The number of Topliss-reactive ketones (excluding diaryl/α,β-unsaturated/α-hetero) is 1. The normalized spacial score (nSPS) is 11.6. The molecule has 0 amide bonds. The molecule has 0 atom stereocenters. The first kappa shape index (κ1) is 43.6. The summed E-state index contributed by atoms with van der Waals surface area (Å²) >= 11 is 0. The van der Waals surface area contributed by atoms with Crippen molar-refractivity contribution in [3.05, 3.63) is 290 Å². The molecule has 0 radical (unpaired) electrons. The second kappa shape index (κ2) is 18.4. The van der Waals surface area contributed by atoms with Crippen molar-refractivity contribution in [2.24, 2.45) is 0 Å². The smallest absolute Gasteiger partial charge is 0.193 e. The summed E-state index contributed by atoms with van der Waals surface area (Å²) in [5.74, 6) is -0.144. The molecule has 0 spiro atoms. The van der Waals surface area contributed by atoms with Crippen LogP contribution >= 0.6 is 0 Å². The van der Waals surface area contributed by atoms with Crippen molar-refractivity contribution in [1.82, 2.24) is 9.13 Å². The van der Waals surface area contributed by atoms with E-state index in [1.165, 1.54) is 10.8 Å². The summed E-state index contributed by atoms with van der Waals surface area (Å²) in [6.45, 7) is 7.79. The van der Waals surface area contributed by atoms with Crippen molar-refractivity contribution in [1.29, 1.82) is 0 Å². The maximum atomic E-state index is 14.2. The monoisotopic (exact) mass is 922 g/mol. The fourth-order valence-electron chi connectivity index (χ4n) is 10.6. The van der Waals surface area contributed by atoms with E-state index < -0.39 is 0 Å². The zero-order chi connectivity index (χ0) is 48.7. The lowest BCUT2D eigenvalue weighted by molar-refractivity contribution is 0.103. The number of ketones is 2. The summed E-state index contributed by atoms with van der Waals surface area (Å²) in [6.07, 6.45) is 4.91. The van der Waals surface area contributed by atoms with Crippen molar-refractivity contribution >= 4 is 55.2 Å². The maximum absolute atomic E-state index is 14.2. The Morgan fingerprint density at radius 1 is 0.375 bits per heavy atom. The van der Waals surface area contributed by atoms with Gasteiger partial charge in [0.05, 0.1) is 27.8 Å². The standard InChI is InChI=1S/C68H46N2O2/c1-3-21-45(4-2)67(71)59-33-16-14-29-54(59)55-30-17-20-35-63(55)70-64-40-37-47(48-36-39-57-56-31-18-19-34-62(56)69(66(57)44-48)50-24-9-6-10-25-50)42-60(64)61-43-49(38-41-65(61)70)51-26-11-12-27-52(51)53-28-13-15-32-58(53)68(72)46-22-7-5-8-23-46/h3-44H,1-2H2/b45-21+. The van der Waals surface area contributed by atoms with Crippen LogP contribution in [-0.2, 0) is 0 Å². The lowest BCUT2D eigenvalue weighted by Gasteiger charge is -2.17. The van der Waals surface area contributed by atoms with Crippen LogP contribution in [0.3, 0.4) is 0 Å². The van der Waals surface area contributed by atoms with Crippen LogP contribution in [0.4, 0.5) is 0 Å². The van der Waals surface area contributed by atoms with E-state index in [1.54, 1.807) is 18.2 Å². The van der Waals surface area contributed by atoms with Crippen LogP contribution in [0, 0.1) is 0 Å². The van der Waals surface area contributed by atoms with E-state index in [2.05, 4.69) is 168 Å². The van der Waals surface area contributed by atoms with E-state index in [0.717, 1.165) is 88.7 Å². The molecule has 0 N–H and O–H groups in total. The lowest BCUT2D eigenvalue weighted by atomic mass is 9.89. The Bertz CT molecular complexity index is 4170. The number of fused-ring (bicyclic) bond motifs is 6. The molecular formula is C68H46N2O2. The van der Waals surface area contributed by atoms with Gasteiger partial charge in [-0.25, -0.2) is 0 Å². The Balaban J connectivity index is 1.09. The molecule has 340 valence electrons. The van der Waals surface area contributed by atoms with Gasteiger partial charge in [-0.1, -0.05) is 213 Å². The molecular weight excluding hydrogens is 877 g/mol. The molecule has 0 aliphatic rings. The summed E-state index contributed by atoms with van der Waals surface area (Å²) < 4.78 is 4.69. The van der Waals surface area contributed by atoms with Crippen molar-refractivity contribution in [2.45, 2.75) is 0 Å². The number of benzene rings is 10. The Morgan fingerprint density at radius 3 is 1.61 bits per heavy atom. The molecule has 12 aromatic rings. The predicted molar refractivity (Wildman–Crippen MR) is 300 cm³/mol. The average molecular weight is 923 g/mol. The second-order valence-corrected chi connectivity index (χ2v) is 18.0.